The predicted molar refractivity (Wildman–Crippen MR) is 115 cm³/mol. The van der Waals surface area contributed by atoms with E-state index in [9.17, 15) is 9.90 Å². The zero-order valence-corrected chi connectivity index (χ0v) is 15.8. The summed E-state index contributed by atoms with van der Waals surface area (Å²) in [7, 11) is 0. The first-order chi connectivity index (χ1) is 14.1. The van der Waals surface area contributed by atoms with Crippen LogP contribution in [0.4, 0.5) is 0 Å². The van der Waals surface area contributed by atoms with Crippen LogP contribution in [0.5, 0.6) is 5.75 Å². The van der Waals surface area contributed by atoms with Crippen molar-refractivity contribution in [3.05, 3.63) is 95.6 Å². The molecule has 0 spiro atoms. The molecule has 5 nitrogen and oxygen atoms in total. The lowest BCUT2D eigenvalue weighted by atomic mass is 10.0. The van der Waals surface area contributed by atoms with Gasteiger partial charge in [-0.1, -0.05) is 42.0 Å². The van der Waals surface area contributed by atoms with Crippen LogP contribution in [-0.2, 0) is 0 Å². The second-order valence-corrected chi connectivity index (χ2v) is 6.73. The lowest BCUT2D eigenvalue weighted by molar-refractivity contribution is 0.0956. The van der Waals surface area contributed by atoms with Gasteiger partial charge in [0, 0.05) is 10.9 Å². The van der Waals surface area contributed by atoms with Crippen molar-refractivity contribution in [1.82, 2.24) is 10.4 Å². The van der Waals surface area contributed by atoms with Crippen LogP contribution in [0, 0.1) is 6.92 Å². The van der Waals surface area contributed by atoms with Crippen molar-refractivity contribution in [3.63, 3.8) is 0 Å². The summed E-state index contributed by atoms with van der Waals surface area (Å²) >= 11 is 0. The van der Waals surface area contributed by atoms with Crippen LogP contribution in [0.1, 0.15) is 21.5 Å². The van der Waals surface area contributed by atoms with E-state index in [-0.39, 0.29) is 11.7 Å². The summed E-state index contributed by atoms with van der Waals surface area (Å²) in [4.78, 5) is 17.6. The van der Waals surface area contributed by atoms with E-state index >= 15 is 0 Å². The largest absolute Gasteiger partial charge is 0.508 e. The Hall–Kier alpha value is -3.99. The molecule has 1 amide bonds. The molecule has 5 heteroatoms. The van der Waals surface area contributed by atoms with E-state index in [0.717, 1.165) is 33.3 Å². The van der Waals surface area contributed by atoms with Gasteiger partial charge in [0.1, 0.15) is 5.75 Å². The molecule has 4 aromatic rings. The van der Waals surface area contributed by atoms with E-state index in [4.69, 9.17) is 4.98 Å². The monoisotopic (exact) mass is 381 g/mol. The lowest BCUT2D eigenvalue weighted by Crippen LogP contribution is -2.18. The van der Waals surface area contributed by atoms with Gasteiger partial charge in [-0.15, -0.1) is 0 Å². The Morgan fingerprint density at radius 2 is 1.76 bits per heavy atom. The molecule has 3 aromatic carbocycles. The number of fused-ring (bicyclic) bond motifs is 1. The molecule has 0 fully saturated rings. The molecule has 1 aromatic heterocycles. The summed E-state index contributed by atoms with van der Waals surface area (Å²) in [5, 5.41) is 14.2. The number of benzene rings is 3. The van der Waals surface area contributed by atoms with Crippen LogP contribution in [0.25, 0.3) is 22.2 Å². The van der Waals surface area contributed by atoms with E-state index < -0.39 is 0 Å². The first-order valence-corrected chi connectivity index (χ1v) is 9.19. The molecule has 4 rings (SSSR count). The maximum absolute atomic E-state index is 12.9. The molecule has 142 valence electrons. The van der Waals surface area contributed by atoms with Crippen LogP contribution in [-0.4, -0.2) is 22.2 Å². The number of hydrogen-bond donors (Lipinski definition) is 2. The number of aromatic nitrogens is 1. The Balaban J connectivity index is 1.69. The zero-order valence-electron chi connectivity index (χ0n) is 15.8. The minimum atomic E-state index is -0.310. The molecule has 0 unspecified atom stereocenters. The Morgan fingerprint density at radius 1 is 1.00 bits per heavy atom. The summed E-state index contributed by atoms with van der Waals surface area (Å²) in [6, 6.07) is 24.0. The fourth-order valence-corrected chi connectivity index (χ4v) is 3.07. The Labute approximate surface area is 168 Å². The molecule has 1 heterocycles. The fourth-order valence-electron chi connectivity index (χ4n) is 3.07. The van der Waals surface area contributed by atoms with Crippen molar-refractivity contribution in [2.45, 2.75) is 6.92 Å². The molecule has 0 bridgehead atoms. The molecule has 0 saturated carbocycles. The van der Waals surface area contributed by atoms with Crippen LogP contribution in [0.15, 0.2) is 84.0 Å². The Bertz CT molecular complexity index is 1200. The second kappa shape index (κ2) is 7.94. The average molecular weight is 381 g/mol. The van der Waals surface area contributed by atoms with Crippen LogP contribution < -0.4 is 5.43 Å². The minimum Gasteiger partial charge on any atom is -0.508 e. The quantitative estimate of drug-likeness (QED) is 0.398. The molecule has 0 radical (unpaired) electrons. The molecule has 2 N–H and O–H groups in total. The van der Waals surface area contributed by atoms with Crippen molar-refractivity contribution in [2.75, 3.05) is 0 Å². The first kappa shape index (κ1) is 18.4. The molecule has 0 aliphatic carbocycles. The van der Waals surface area contributed by atoms with Gasteiger partial charge in [0.2, 0.25) is 0 Å². The van der Waals surface area contributed by atoms with Crippen molar-refractivity contribution < 1.29 is 9.90 Å². The third-order valence-corrected chi connectivity index (χ3v) is 4.55. The molecular weight excluding hydrogens is 362 g/mol. The van der Waals surface area contributed by atoms with E-state index in [1.165, 1.54) is 6.21 Å². The number of carbonyl (C=O) groups excluding carboxylic acids is 1. The van der Waals surface area contributed by atoms with Gasteiger partial charge in [-0.25, -0.2) is 10.4 Å². The van der Waals surface area contributed by atoms with Gasteiger partial charge in [0.25, 0.3) is 5.91 Å². The summed E-state index contributed by atoms with van der Waals surface area (Å²) in [6.07, 6.45) is 1.53. The highest BCUT2D eigenvalue weighted by molar-refractivity contribution is 6.07. The van der Waals surface area contributed by atoms with E-state index in [0.29, 0.717) is 5.56 Å². The number of hydrogen-bond acceptors (Lipinski definition) is 4. The number of amides is 1. The topological polar surface area (TPSA) is 74.6 Å². The number of nitrogens with one attached hydrogen (secondary N) is 1. The molecule has 0 saturated heterocycles. The van der Waals surface area contributed by atoms with Crippen molar-refractivity contribution in [3.8, 4) is 17.0 Å². The average Bonchev–Trinajstić information content (AvgIpc) is 2.75. The number of aryl methyl sites for hydroxylation is 1. The van der Waals surface area contributed by atoms with Crippen LogP contribution in [0.3, 0.4) is 0 Å². The lowest BCUT2D eigenvalue weighted by Gasteiger charge is -2.10. The third-order valence-electron chi connectivity index (χ3n) is 4.55. The SMILES string of the molecule is Cc1ccc2nc(-c3ccccc3)cc(C(=O)NN=Cc3ccc(O)cc3)c2c1. The van der Waals surface area contributed by atoms with Gasteiger partial charge in [0.15, 0.2) is 0 Å². The standard InChI is InChI=1S/C24H19N3O2/c1-16-7-12-22-20(13-16)21(14-23(26-22)18-5-3-2-4-6-18)24(29)27-25-15-17-8-10-19(28)11-9-17/h2-15,28H,1H3,(H,27,29). The van der Waals surface area contributed by atoms with E-state index in [1.54, 1.807) is 30.3 Å². The minimum absolute atomic E-state index is 0.179. The molecule has 29 heavy (non-hydrogen) atoms. The number of phenolic OH excluding ortho intramolecular Hbond substituents is 1. The highest BCUT2D eigenvalue weighted by Crippen LogP contribution is 2.25. The van der Waals surface area contributed by atoms with Crippen LogP contribution >= 0.6 is 0 Å². The van der Waals surface area contributed by atoms with E-state index in [2.05, 4.69) is 10.5 Å². The van der Waals surface area contributed by atoms with Gasteiger partial charge < -0.3 is 5.11 Å². The number of nitrogens with zero attached hydrogens (tertiary/aromatic N) is 2. The highest BCUT2D eigenvalue weighted by atomic mass is 16.3. The van der Waals surface area contributed by atoms with Crippen molar-refractivity contribution >= 4 is 23.0 Å². The van der Waals surface area contributed by atoms with E-state index in [1.807, 2.05) is 55.5 Å². The number of aromatic hydroxyl groups is 1. The molecular formula is C24H19N3O2. The van der Waals surface area contributed by atoms with Crippen molar-refractivity contribution in [2.24, 2.45) is 5.10 Å². The summed E-state index contributed by atoms with van der Waals surface area (Å²) < 4.78 is 0. The summed E-state index contributed by atoms with van der Waals surface area (Å²) in [6.45, 7) is 1.98. The number of carbonyl (C=O) groups is 1. The number of rotatable bonds is 4. The third kappa shape index (κ3) is 4.14. The van der Waals surface area contributed by atoms with Gasteiger partial charge in [-0.05, 0) is 55.0 Å². The normalized spacial score (nSPS) is 11.1. The van der Waals surface area contributed by atoms with Gasteiger partial charge in [0.05, 0.1) is 23.0 Å². The maximum atomic E-state index is 12.9. The Kier molecular flexibility index (Phi) is 5.03. The zero-order chi connectivity index (χ0) is 20.2. The molecule has 0 atom stereocenters. The number of phenols is 1. The summed E-state index contributed by atoms with van der Waals surface area (Å²) in [5.41, 5.74) is 7.35. The molecule has 0 aliphatic heterocycles. The number of hydrazone groups is 1. The van der Waals surface area contributed by atoms with Crippen LogP contribution in [0.2, 0.25) is 0 Å². The van der Waals surface area contributed by atoms with Crippen molar-refractivity contribution in [1.29, 1.82) is 0 Å². The first-order valence-electron chi connectivity index (χ1n) is 9.19. The summed E-state index contributed by atoms with van der Waals surface area (Å²) in [5.74, 6) is -0.131. The predicted octanol–water partition coefficient (Wildman–Crippen LogP) is 4.68. The molecule has 0 aliphatic rings. The fraction of sp³-hybridized carbons (Fsp3) is 0.0417. The second-order valence-electron chi connectivity index (χ2n) is 6.73. The smallest absolute Gasteiger partial charge is 0.272 e. The number of pyridine rings is 1. The highest BCUT2D eigenvalue weighted by Gasteiger charge is 2.14. The van der Waals surface area contributed by atoms with Gasteiger partial charge in [-0.2, -0.15) is 5.10 Å². The Morgan fingerprint density at radius 3 is 2.52 bits per heavy atom. The van der Waals surface area contributed by atoms with Gasteiger partial charge >= 0.3 is 0 Å². The van der Waals surface area contributed by atoms with Gasteiger partial charge in [-0.3, -0.25) is 4.79 Å². The maximum Gasteiger partial charge on any atom is 0.272 e.